The van der Waals surface area contributed by atoms with Gasteiger partial charge in [0.05, 0.1) is 0 Å². The Labute approximate surface area is 49.7 Å². The van der Waals surface area contributed by atoms with Gasteiger partial charge >= 0.3 is 11.9 Å². The summed E-state index contributed by atoms with van der Waals surface area (Å²) in [7, 11) is 0. The SMILES string of the molecule is O=C1N=C([N+](=O)[O-])CN1. The van der Waals surface area contributed by atoms with Gasteiger partial charge in [-0.2, -0.15) is 0 Å². The lowest BCUT2D eigenvalue weighted by Crippen LogP contribution is -2.20. The number of carbonyl (C=O) groups is 1. The molecular weight excluding hydrogens is 126 g/mol. The predicted octanol–water partition coefficient (Wildman–Crippen LogP) is -0.615. The Morgan fingerprint density at radius 3 is 2.67 bits per heavy atom. The molecule has 0 saturated heterocycles. The van der Waals surface area contributed by atoms with Gasteiger partial charge in [0.25, 0.3) is 0 Å². The number of urea groups is 1. The molecule has 0 unspecified atom stereocenters. The molecule has 1 aliphatic rings. The van der Waals surface area contributed by atoms with E-state index < -0.39 is 11.0 Å². The molecule has 0 atom stereocenters. The molecule has 1 aliphatic heterocycles. The first-order valence-corrected chi connectivity index (χ1v) is 2.20. The van der Waals surface area contributed by atoms with Crippen LogP contribution in [0, 0.1) is 10.1 Å². The lowest BCUT2D eigenvalue weighted by molar-refractivity contribution is -0.351. The molecule has 0 aromatic rings. The van der Waals surface area contributed by atoms with Crippen LogP contribution < -0.4 is 5.32 Å². The van der Waals surface area contributed by atoms with Crippen LogP contribution in [0.15, 0.2) is 4.99 Å². The summed E-state index contributed by atoms with van der Waals surface area (Å²) < 4.78 is 0. The number of amidine groups is 1. The van der Waals surface area contributed by atoms with Crippen molar-refractivity contribution < 1.29 is 9.72 Å². The van der Waals surface area contributed by atoms with E-state index in [1.165, 1.54) is 0 Å². The molecule has 0 fully saturated rings. The molecule has 0 aromatic carbocycles. The van der Waals surface area contributed by atoms with Crippen molar-refractivity contribution in [2.75, 3.05) is 6.54 Å². The number of nitrogens with one attached hydrogen (secondary N) is 1. The maximum Gasteiger partial charge on any atom is 0.451 e. The van der Waals surface area contributed by atoms with E-state index >= 15 is 0 Å². The zero-order chi connectivity index (χ0) is 6.85. The number of carbonyl (C=O) groups excluding carboxylic acids is 1. The van der Waals surface area contributed by atoms with Gasteiger partial charge in [-0.1, -0.05) is 0 Å². The third kappa shape index (κ3) is 1.01. The van der Waals surface area contributed by atoms with E-state index in [0.29, 0.717) is 0 Å². The molecule has 0 aromatic heterocycles. The maximum atomic E-state index is 10.2. The van der Waals surface area contributed by atoms with Gasteiger partial charge in [-0.05, 0) is 4.92 Å². The molecule has 0 aliphatic carbocycles. The minimum atomic E-state index is -0.683. The van der Waals surface area contributed by atoms with Gasteiger partial charge < -0.3 is 15.4 Å². The van der Waals surface area contributed by atoms with E-state index in [4.69, 9.17) is 0 Å². The topological polar surface area (TPSA) is 84.6 Å². The van der Waals surface area contributed by atoms with E-state index in [9.17, 15) is 14.9 Å². The largest absolute Gasteiger partial charge is 0.451 e. The van der Waals surface area contributed by atoms with Crippen molar-refractivity contribution in [1.29, 1.82) is 0 Å². The molecule has 6 heteroatoms. The lowest BCUT2D eigenvalue weighted by atomic mass is 10.6. The van der Waals surface area contributed by atoms with Crippen molar-refractivity contribution in [2.24, 2.45) is 4.99 Å². The summed E-state index contributed by atoms with van der Waals surface area (Å²) in [5.41, 5.74) is 0. The number of hydrogen-bond donors (Lipinski definition) is 1. The summed E-state index contributed by atoms with van der Waals surface area (Å²) in [6.07, 6.45) is 0. The Balaban J connectivity index is 2.74. The quantitative estimate of drug-likeness (QED) is 0.349. The van der Waals surface area contributed by atoms with Crippen LogP contribution in [0.5, 0.6) is 0 Å². The summed E-state index contributed by atoms with van der Waals surface area (Å²) >= 11 is 0. The molecule has 2 amide bonds. The highest BCUT2D eigenvalue weighted by Gasteiger charge is 2.24. The third-order valence-electron chi connectivity index (χ3n) is 0.839. The summed E-state index contributed by atoms with van der Waals surface area (Å²) in [6.45, 7) is -0.0637. The van der Waals surface area contributed by atoms with Crippen LogP contribution in [0.1, 0.15) is 0 Å². The number of nitrogens with zero attached hydrogens (tertiary/aromatic N) is 2. The minimum absolute atomic E-state index is 0.0637. The monoisotopic (exact) mass is 129 g/mol. The molecule has 0 saturated carbocycles. The van der Waals surface area contributed by atoms with Crippen LogP contribution in [0.3, 0.4) is 0 Å². The number of nitro groups is 1. The molecule has 0 radical (unpaired) electrons. The Kier molecular flexibility index (Phi) is 1.14. The molecule has 9 heavy (non-hydrogen) atoms. The number of hydrogen-bond acceptors (Lipinski definition) is 3. The Morgan fingerprint density at radius 2 is 2.44 bits per heavy atom. The van der Waals surface area contributed by atoms with Crippen molar-refractivity contribution in [3.8, 4) is 0 Å². The normalized spacial score (nSPS) is 16.9. The molecule has 0 bridgehead atoms. The fraction of sp³-hybridized carbons (Fsp3) is 0.333. The lowest BCUT2D eigenvalue weighted by Gasteiger charge is -1.86. The predicted molar refractivity (Wildman–Crippen MR) is 27.8 cm³/mol. The van der Waals surface area contributed by atoms with Crippen molar-refractivity contribution >= 4 is 11.9 Å². The maximum absolute atomic E-state index is 10.2. The van der Waals surface area contributed by atoms with E-state index in [-0.39, 0.29) is 12.4 Å². The van der Waals surface area contributed by atoms with E-state index in [0.717, 1.165) is 0 Å². The van der Waals surface area contributed by atoms with Gasteiger partial charge in [-0.25, -0.2) is 4.79 Å². The number of aliphatic imine (C=N–C) groups is 1. The third-order valence-corrected chi connectivity index (χ3v) is 0.839. The molecule has 6 nitrogen and oxygen atoms in total. The van der Waals surface area contributed by atoms with Crippen molar-refractivity contribution in [2.45, 2.75) is 0 Å². The fourth-order valence-corrected chi connectivity index (χ4v) is 0.456. The van der Waals surface area contributed by atoms with Crippen LogP contribution in [0.25, 0.3) is 0 Å². The van der Waals surface area contributed by atoms with Crippen molar-refractivity contribution in [3.63, 3.8) is 0 Å². The van der Waals surface area contributed by atoms with Crippen molar-refractivity contribution in [3.05, 3.63) is 10.1 Å². The van der Waals surface area contributed by atoms with Crippen LogP contribution in [0.2, 0.25) is 0 Å². The van der Waals surface area contributed by atoms with Crippen LogP contribution in [-0.2, 0) is 0 Å². The average Bonchev–Trinajstić information content (AvgIpc) is 2.14. The second kappa shape index (κ2) is 1.81. The highest BCUT2D eigenvalue weighted by Crippen LogP contribution is 1.88. The molecule has 1 N–H and O–H groups in total. The summed E-state index contributed by atoms with van der Waals surface area (Å²) in [6, 6.07) is -0.637. The van der Waals surface area contributed by atoms with Gasteiger partial charge in [0.2, 0.25) is 0 Å². The molecule has 1 rings (SSSR count). The van der Waals surface area contributed by atoms with Crippen LogP contribution in [0.4, 0.5) is 4.79 Å². The first-order chi connectivity index (χ1) is 4.20. The van der Waals surface area contributed by atoms with Gasteiger partial charge in [-0.15, -0.1) is 0 Å². The van der Waals surface area contributed by atoms with Crippen LogP contribution >= 0.6 is 0 Å². The van der Waals surface area contributed by atoms with E-state index in [1.807, 2.05) is 0 Å². The molecule has 0 spiro atoms. The Bertz CT molecular complexity index is 196. The standard InChI is InChI=1S/C3H3N3O3/c7-3-4-1-2(5-3)6(8)9/h1H2,(H,4,7). The molecule has 1 heterocycles. The first kappa shape index (κ1) is 5.67. The van der Waals surface area contributed by atoms with Gasteiger partial charge in [-0.3, -0.25) is 0 Å². The van der Waals surface area contributed by atoms with Gasteiger partial charge in [0.15, 0.2) is 0 Å². The Hall–Kier alpha value is -1.46. The average molecular weight is 129 g/mol. The number of amides is 2. The Morgan fingerprint density at radius 1 is 1.78 bits per heavy atom. The van der Waals surface area contributed by atoms with E-state index in [2.05, 4.69) is 10.3 Å². The smallest absolute Gasteiger partial charge is 0.358 e. The zero-order valence-corrected chi connectivity index (χ0v) is 4.33. The summed E-state index contributed by atoms with van der Waals surface area (Å²) in [4.78, 5) is 22.4. The first-order valence-electron chi connectivity index (χ1n) is 2.20. The molecule has 48 valence electrons. The molecular formula is C3H3N3O3. The van der Waals surface area contributed by atoms with E-state index in [1.54, 1.807) is 0 Å². The zero-order valence-electron chi connectivity index (χ0n) is 4.33. The fourth-order valence-electron chi connectivity index (χ4n) is 0.456. The summed E-state index contributed by atoms with van der Waals surface area (Å²) in [5.74, 6) is -0.319. The number of rotatable bonds is 0. The van der Waals surface area contributed by atoms with Gasteiger partial charge in [0, 0.05) is 4.99 Å². The summed E-state index contributed by atoms with van der Waals surface area (Å²) in [5, 5.41) is 12.0. The highest BCUT2D eigenvalue weighted by atomic mass is 16.6. The highest BCUT2D eigenvalue weighted by molar-refractivity contribution is 5.97. The van der Waals surface area contributed by atoms with Crippen molar-refractivity contribution in [1.82, 2.24) is 5.32 Å². The van der Waals surface area contributed by atoms with Gasteiger partial charge in [0.1, 0.15) is 6.54 Å². The second-order valence-electron chi connectivity index (χ2n) is 1.44. The second-order valence-corrected chi connectivity index (χ2v) is 1.44. The minimum Gasteiger partial charge on any atom is -0.358 e. The van der Waals surface area contributed by atoms with Crippen LogP contribution in [-0.4, -0.2) is 23.3 Å².